The fourth-order valence-electron chi connectivity index (χ4n) is 1.96. The average molecular weight is 436 g/mol. The van der Waals surface area contributed by atoms with Gasteiger partial charge in [0.05, 0.1) is 6.61 Å². The number of anilines is 1. The van der Waals surface area contributed by atoms with E-state index in [1.807, 2.05) is 6.92 Å². The van der Waals surface area contributed by atoms with Gasteiger partial charge in [0.15, 0.2) is 0 Å². The standard InChI is InChI=1S/C15H23BrN3O5P/c1-3-5-13(14(20)17-10-25(22,23)24-4-2)19-15(21)18-12-8-6-11(16)7-9-12/h6-9,13H,3-5,10H2,1-2H3,(H,17,20)(H,22,23)(H2,18,19,21)/t13-/m0/s1. The van der Waals surface area contributed by atoms with Gasteiger partial charge in [-0.25, -0.2) is 4.79 Å². The topological polar surface area (TPSA) is 117 Å². The third kappa shape index (κ3) is 8.49. The second-order valence-corrected chi connectivity index (χ2v) is 7.97. The van der Waals surface area contributed by atoms with Crippen LogP contribution in [0.15, 0.2) is 28.7 Å². The van der Waals surface area contributed by atoms with Gasteiger partial charge in [-0.1, -0.05) is 29.3 Å². The quantitative estimate of drug-likeness (QED) is 0.444. The highest BCUT2D eigenvalue weighted by Gasteiger charge is 2.24. The predicted molar refractivity (Wildman–Crippen MR) is 99.5 cm³/mol. The lowest BCUT2D eigenvalue weighted by atomic mass is 10.1. The lowest BCUT2D eigenvalue weighted by Crippen LogP contribution is -2.48. The summed E-state index contributed by atoms with van der Waals surface area (Å²) in [7, 11) is -3.86. The van der Waals surface area contributed by atoms with Gasteiger partial charge >= 0.3 is 13.6 Å². The molecule has 1 aromatic carbocycles. The fourth-order valence-corrected chi connectivity index (χ4v) is 3.08. The summed E-state index contributed by atoms with van der Waals surface area (Å²) in [5.74, 6) is -0.540. The molecule has 8 nitrogen and oxygen atoms in total. The van der Waals surface area contributed by atoms with Crippen molar-refractivity contribution in [3.05, 3.63) is 28.7 Å². The maximum Gasteiger partial charge on any atom is 0.347 e. The zero-order valence-corrected chi connectivity index (χ0v) is 16.6. The molecule has 0 aromatic heterocycles. The zero-order chi connectivity index (χ0) is 18.9. The van der Waals surface area contributed by atoms with Crippen molar-refractivity contribution in [3.63, 3.8) is 0 Å². The van der Waals surface area contributed by atoms with E-state index in [2.05, 4.69) is 36.4 Å². The summed E-state index contributed by atoms with van der Waals surface area (Å²) in [4.78, 5) is 33.7. The molecule has 25 heavy (non-hydrogen) atoms. The summed E-state index contributed by atoms with van der Waals surface area (Å²) in [6, 6.07) is 5.62. The number of amides is 3. The molecule has 0 aliphatic carbocycles. The number of benzene rings is 1. The Hall–Kier alpha value is -1.41. The minimum atomic E-state index is -3.86. The van der Waals surface area contributed by atoms with Crippen molar-refractivity contribution in [2.24, 2.45) is 0 Å². The molecule has 0 radical (unpaired) electrons. The van der Waals surface area contributed by atoms with Crippen LogP contribution in [0.5, 0.6) is 0 Å². The highest BCUT2D eigenvalue weighted by Crippen LogP contribution is 2.39. The Morgan fingerprint density at radius 2 is 1.92 bits per heavy atom. The number of rotatable bonds is 9. The SMILES string of the molecule is CCC[C@H](NC(=O)Nc1ccc(Br)cc1)C(=O)NCP(=O)(O)OCC. The number of urea groups is 1. The summed E-state index contributed by atoms with van der Waals surface area (Å²) >= 11 is 3.30. The van der Waals surface area contributed by atoms with Crippen LogP contribution in [0.25, 0.3) is 0 Å². The summed E-state index contributed by atoms with van der Waals surface area (Å²) in [5.41, 5.74) is 0.576. The van der Waals surface area contributed by atoms with Crippen molar-refractivity contribution in [1.29, 1.82) is 0 Å². The Morgan fingerprint density at radius 3 is 2.48 bits per heavy atom. The second-order valence-electron chi connectivity index (χ2n) is 5.20. The van der Waals surface area contributed by atoms with Crippen molar-refractivity contribution < 1.29 is 23.6 Å². The maximum atomic E-state index is 12.2. The fraction of sp³-hybridized carbons (Fsp3) is 0.467. The van der Waals surface area contributed by atoms with E-state index in [1.54, 1.807) is 31.2 Å². The number of nitrogens with one attached hydrogen (secondary N) is 3. The number of carbonyl (C=O) groups is 2. The minimum Gasteiger partial charge on any atom is -0.343 e. The summed E-state index contributed by atoms with van der Waals surface area (Å²) in [5, 5.41) is 7.53. The molecule has 0 aliphatic rings. The van der Waals surface area contributed by atoms with Crippen LogP contribution in [0.2, 0.25) is 0 Å². The Labute approximate surface area is 155 Å². The molecule has 0 heterocycles. The Morgan fingerprint density at radius 1 is 1.28 bits per heavy atom. The normalized spacial score (nSPS) is 14.2. The van der Waals surface area contributed by atoms with Gasteiger partial charge in [-0.05, 0) is 37.6 Å². The van der Waals surface area contributed by atoms with Crippen LogP contribution in [-0.4, -0.2) is 35.8 Å². The highest BCUT2D eigenvalue weighted by molar-refractivity contribution is 9.10. The Kier molecular flexibility index (Phi) is 9.13. The van der Waals surface area contributed by atoms with Gasteiger partial charge in [0.1, 0.15) is 12.3 Å². The van der Waals surface area contributed by atoms with Crippen LogP contribution >= 0.6 is 23.5 Å². The molecule has 1 aromatic rings. The third-order valence-electron chi connectivity index (χ3n) is 3.09. The van der Waals surface area contributed by atoms with Crippen LogP contribution in [0.4, 0.5) is 10.5 Å². The van der Waals surface area contributed by atoms with Crippen LogP contribution in [0, 0.1) is 0 Å². The highest BCUT2D eigenvalue weighted by atomic mass is 79.9. The molecule has 0 fully saturated rings. The Balaban J connectivity index is 2.59. The van der Waals surface area contributed by atoms with Gasteiger partial charge < -0.3 is 25.4 Å². The Bertz CT molecular complexity index is 626. The van der Waals surface area contributed by atoms with E-state index >= 15 is 0 Å². The molecule has 3 amide bonds. The van der Waals surface area contributed by atoms with E-state index in [1.165, 1.54) is 0 Å². The minimum absolute atomic E-state index is 0.0654. The summed E-state index contributed by atoms with van der Waals surface area (Å²) in [6.45, 7) is 3.51. The molecule has 0 bridgehead atoms. The summed E-state index contributed by atoms with van der Waals surface area (Å²) in [6.07, 6.45) is 0.540. The van der Waals surface area contributed by atoms with E-state index in [9.17, 15) is 19.0 Å². The molecule has 0 aliphatic heterocycles. The molecule has 10 heteroatoms. The van der Waals surface area contributed by atoms with Crippen molar-refractivity contribution in [1.82, 2.24) is 10.6 Å². The monoisotopic (exact) mass is 435 g/mol. The van der Waals surface area contributed by atoms with Crippen LogP contribution in [0.1, 0.15) is 26.7 Å². The van der Waals surface area contributed by atoms with E-state index in [0.29, 0.717) is 18.5 Å². The van der Waals surface area contributed by atoms with Gasteiger partial charge in [0, 0.05) is 10.2 Å². The lowest BCUT2D eigenvalue weighted by Gasteiger charge is -2.19. The van der Waals surface area contributed by atoms with Crippen molar-refractivity contribution in [3.8, 4) is 0 Å². The smallest absolute Gasteiger partial charge is 0.343 e. The molecular weight excluding hydrogens is 413 g/mol. The molecule has 2 atom stereocenters. The number of carbonyl (C=O) groups excluding carboxylic acids is 2. The molecule has 0 saturated heterocycles. The van der Waals surface area contributed by atoms with Crippen LogP contribution in [-0.2, 0) is 13.9 Å². The first kappa shape index (κ1) is 21.6. The van der Waals surface area contributed by atoms with Gasteiger partial charge in [0.25, 0.3) is 0 Å². The van der Waals surface area contributed by atoms with Crippen LogP contribution in [0.3, 0.4) is 0 Å². The molecule has 0 saturated carbocycles. The first-order chi connectivity index (χ1) is 11.8. The van der Waals surface area contributed by atoms with Crippen molar-refractivity contribution >= 4 is 41.2 Å². The molecule has 1 unspecified atom stereocenters. The van der Waals surface area contributed by atoms with Gasteiger partial charge in [-0.15, -0.1) is 0 Å². The van der Waals surface area contributed by atoms with E-state index < -0.39 is 31.9 Å². The molecule has 0 spiro atoms. The lowest BCUT2D eigenvalue weighted by molar-refractivity contribution is -0.122. The first-order valence-electron chi connectivity index (χ1n) is 7.84. The number of hydrogen-bond donors (Lipinski definition) is 4. The number of hydrogen-bond acceptors (Lipinski definition) is 4. The van der Waals surface area contributed by atoms with Gasteiger partial charge in [0.2, 0.25) is 5.91 Å². The van der Waals surface area contributed by atoms with E-state index in [-0.39, 0.29) is 6.61 Å². The number of halogens is 1. The maximum absolute atomic E-state index is 12.2. The molecule has 1 rings (SSSR count). The average Bonchev–Trinajstić information content (AvgIpc) is 2.54. The van der Waals surface area contributed by atoms with Crippen LogP contribution < -0.4 is 16.0 Å². The second kappa shape index (κ2) is 10.6. The van der Waals surface area contributed by atoms with Crippen molar-refractivity contribution in [2.75, 3.05) is 18.2 Å². The zero-order valence-electron chi connectivity index (χ0n) is 14.1. The third-order valence-corrected chi connectivity index (χ3v) is 4.83. The molecule has 140 valence electrons. The predicted octanol–water partition coefficient (Wildman–Crippen LogP) is 3.03. The van der Waals surface area contributed by atoms with Gasteiger partial charge in [-0.2, -0.15) is 0 Å². The molecular formula is C15H23BrN3O5P. The first-order valence-corrected chi connectivity index (χ1v) is 10.4. The molecule has 4 N–H and O–H groups in total. The van der Waals surface area contributed by atoms with E-state index in [0.717, 1.165) is 4.47 Å². The van der Waals surface area contributed by atoms with E-state index in [4.69, 9.17) is 0 Å². The summed E-state index contributed by atoms with van der Waals surface area (Å²) < 4.78 is 17.2. The largest absolute Gasteiger partial charge is 0.347 e. The van der Waals surface area contributed by atoms with Gasteiger partial charge in [-0.3, -0.25) is 9.36 Å². The van der Waals surface area contributed by atoms with Crippen molar-refractivity contribution in [2.45, 2.75) is 32.7 Å².